The van der Waals surface area contributed by atoms with Crippen LogP contribution in [0, 0.1) is 10.1 Å². The molecule has 0 amide bonds. The topological polar surface area (TPSA) is 58.9 Å². The van der Waals surface area contributed by atoms with Crippen molar-refractivity contribution in [3.05, 3.63) is 74.9 Å². The highest BCUT2D eigenvalue weighted by molar-refractivity contribution is 6.33. The standard InChI is InChI=1S/C17H13ClN2O2/c1-11(20(21)22)10-14-12-6-3-5-9-16(12)19-17(14)13-7-2-4-8-15(13)18/h2-10,19H,1H3. The molecule has 1 aromatic heterocycles. The molecule has 22 heavy (non-hydrogen) atoms. The summed E-state index contributed by atoms with van der Waals surface area (Å²) in [7, 11) is 0. The maximum Gasteiger partial charge on any atom is 0.243 e. The number of para-hydroxylation sites is 1. The van der Waals surface area contributed by atoms with Gasteiger partial charge in [-0.05, 0) is 12.1 Å². The third kappa shape index (κ3) is 2.49. The van der Waals surface area contributed by atoms with Crippen LogP contribution >= 0.6 is 11.6 Å². The van der Waals surface area contributed by atoms with E-state index in [1.807, 2.05) is 42.5 Å². The molecular weight excluding hydrogens is 300 g/mol. The first-order valence-electron chi connectivity index (χ1n) is 6.76. The molecule has 4 nitrogen and oxygen atoms in total. The average molecular weight is 313 g/mol. The number of aromatic amines is 1. The van der Waals surface area contributed by atoms with Crippen LogP contribution in [-0.4, -0.2) is 9.91 Å². The molecule has 0 aliphatic carbocycles. The summed E-state index contributed by atoms with van der Waals surface area (Å²) in [6.07, 6.45) is 1.58. The Hall–Kier alpha value is -2.59. The highest BCUT2D eigenvalue weighted by atomic mass is 35.5. The molecule has 1 heterocycles. The van der Waals surface area contributed by atoms with Gasteiger partial charge in [0.1, 0.15) is 0 Å². The van der Waals surface area contributed by atoms with Gasteiger partial charge in [0.15, 0.2) is 0 Å². The van der Waals surface area contributed by atoms with Crippen LogP contribution in [-0.2, 0) is 0 Å². The number of benzene rings is 2. The second-order valence-corrected chi connectivity index (χ2v) is 5.39. The van der Waals surface area contributed by atoms with Crippen molar-refractivity contribution in [1.82, 2.24) is 4.98 Å². The molecule has 0 saturated heterocycles. The van der Waals surface area contributed by atoms with Gasteiger partial charge in [0.2, 0.25) is 5.70 Å². The Balaban J connectivity index is 2.33. The van der Waals surface area contributed by atoms with Crippen molar-refractivity contribution in [2.24, 2.45) is 0 Å². The molecular formula is C17H13ClN2O2. The van der Waals surface area contributed by atoms with E-state index in [2.05, 4.69) is 4.98 Å². The van der Waals surface area contributed by atoms with Gasteiger partial charge >= 0.3 is 0 Å². The molecule has 1 N–H and O–H groups in total. The molecule has 3 rings (SSSR count). The highest BCUT2D eigenvalue weighted by Crippen LogP contribution is 2.35. The van der Waals surface area contributed by atoms with Gasteiger partial charge in [0.25, 0.3) is 0 Å². The zero-order valence-corrected chi connectivity index (χ0v) is 12.6. The predicted octanol–water partition coefficient (Wildman–Crippen LogP) is 5.13. The Morgan fingerprint density at radius 2 is 1.86 bits per heavy atom. The van der Waals surface area contributed by atoms with Crippen molar-refractivity contribution in [2.45, 2.75) is 6.92 Å². The first-order chi connectivity index (χ1) is 10.6. The van der Waals surface area contributed by atoms with E-state index in [4.69, 9.17) is 11.6 Å². The van der Waals surface area contributed by atoms with Crippen LogP contribution in [0.1, 0.15) is 12.5 Å². The zero-order valence-electron chi connectivity index (χ0n) is 11.8. The second-order valence-electron chi connectivity index (χ2n) is 4.98. The summed E-state index contributed by atoms with van der Waals surface area (Å²) < 4.78 is 0. The van der Waals surface area contributed by atoms with Crippen LogP contribution in [0.15, 0.2) is 54.2 Å². The number of fused-ring (bicyclic) bond motifs is 1. The van der Waals surface area contributed by atoms with Crippen molar-refractivity contribution >= 4 is 28.6 Å². The minimum atomic E-state index is -0.391. The first kappa shape index (κ1) is 14.4. The lowest BCUT2D eigenvalue weighted by Gasteiger charge is -2.03. The Morgan fingerprint density at radius 3 is 2.59 bits per heavy atom. The zero-order chi connectivity index (χ0) is 15.7. The molecule has 0 saturated carbocycles. The lowest BCUT2D eigenvalue weighted by Crippen LogP contribution is -1.93. The first-order valence-corrected chi connectivity index (χ1v) is 7.14. The molecule has 0 bridgehead atoms. The van der Waals surface area contributed by atoms with E-state index in [-0.39, 0.29) is 5.70 Å². The number of nitrogens with one attached hydrogen (secondary N) is 1. The van der Waals surface area contributed by atoms with Crippen molar-refractivity contribution in [3.63, 3.8) is 0 Å². The largest absolute Gasteiger partial charge is 0.354 e. The fourth-order valence-electron chi connectivity index (χ4n) is 2.45. The lowest BCUT2D eigenvalue weighted by atomic mass is 10.0. The fourth-order valence-corrected chi connectivity index (χ4v) is 2.68. The fraction of sp³-hybridized carbons (Fsp3) is 0.0588. The quantitative estimate of drug-likeness (QED) is 0.538. The van der Waals surface area contributed by atoms with E-state index in [1.165, 1.54) is 6.92 Å². The Bertz CT molecular complexity index is 897. The second kappa shape index (κ2) is 5.66. The number of nitrogens with zero attached hydrogens (tertiary/aromatic N) is 1. The smallest absolute Gasteiger partial charge is 0.243 e. The van der Waals surface area contributed by atoms with E-state index in [0.717, 1.165) is 27.7 Å². The summed E-state index contributed by atoms with van der Waals surface area (Å²) >= 11 is 6.28. The van der Waals surface area contributed by atoms with E-state index < -0.39 is 4.92 Å². The lowest BCUT2D eigenvalue weighted by molar-refractivity contribution is -0.422. The summed E-state index contributed by atoms with van der Waals surface area (Å²) in [4.78, 5) is 13.9. The third-order valence-electron chi connectivity index (χ3n) is 3.53. The van der Waals surface area contributed by atoms with E-state index in [1.54, 1.807) is 12.1 Å². The molecule has 110 valence electrons. The monoisotopic (exact) mass is 312 g/mol. The Morgan fingerprint density at radius 1 is 1.18 bits per heavy atom. The SMILES string of the molecule is CC(=Cc1c(-c2ccccc2Cl)[nH]c2ccccc12)[N+](=O)[O-]. The summed E-state index contributed by atoms with van der Waals surface area (Å²) in [6, 6.07) is 15.1. The molecule has 0 aliphatic rings. The Labute approximate surface area is 132 Å². The number of allylic oxidation sites excluding steroid dienone is 1. The van der Waals surface area contributed by atoms with Crippen molar-refractivity contribution in [3.8, 4) is 11.3 Å². The van der Waals surface area contributed by atoms with E-state index in [0.29, 0.717) is 5.02 Å². The minimum Gasteiger partial charge on any atom is -0.354 e. The van der Waals surface area contributed by atoms with Gasteiger partial charge in [0, 0.05) is 40.1 Å². The number of hydrogen-bond donors (Lipinski definition) is 1. The van der Waals surface area contributed by atoms with Gasteiger partial charge in [0.05, 0.1) is 10.6 Å². The number of rotatable bonds is 3. The van der Waals surface area contributed by atoms with Gasteiger partial charge < -0.3 is 4.98 Å². The molecule has 0 aliphatic heterocycles. The van der Waals surface area contributed by atoms with Crippen molar-refractivity contribution in [2.75, 3.05) is 0 Å². The van der Waals surface area contributed by atoms with Gasteiger partial charge in [-0.25, -0.2) is 0 Å². The molecule has 0 atom stereocenters. The number of nitro groups is 1. The summed E-state index contributed by atoms with van der Waals surface area (Å²) in [6.45, 7) is 1.48. The summed E-state index contributed by atoms with van der Waals surface area (Å²) in [5.74, 6) is 0. The molecule has 3 aromatic rings. The maximum atomic E-state index is 11.0. The van der Waals surface area contributed by atoms with Crippen molar-refractivity contribution < 1.29 is 4.92 Å². The molecule has 0 spiro atoms. The highest BCUT2D eigenvalue weighted by Gasteiger charge is 2.15. The average Bonchev–Trinajstić information content (AvgIpc) is 2.86. The van der Waals surface area contributed by atoms with E-state index in [9.17, 15) is 10.1 Å². The van der Waals surface area contributed by atoms with Crippen LogP contribution < -0.4 is 0 Å². The molecule has 0 fully saturated rings. The van der Waals surface area contributed by atoms with Crippen LogP contribution in [0.4, 0.5) is 0 Å². The van der Waals surface area contributed by atoms with Crippen LogP contribution in [0.25, 0.3) is 28.2 Å². The summed E-state index contributed by atoms with van der Waals surface area (Å²) in [5, 5.41) is 12.5. The van der Waals surface area contributed by atoms with Crippen LogP contribution in [0.3, 0.4) is 0 Å². The third-order valence-corrected chi connectivity index (χ3v) is 3.86. The van der Waals surface area contributed by atoms with Crippen LogP contribution in [0.2, 0.25) is 5.02 Å². The van der Waals surface area contributed by atoms with Gasteiger partial charge in [-0.2, -0.15) is 0 Å². The number of H-pyrrole nitrogens is 1. The molecule has 0 unspecified atom stereocenters. The normalized spacial score (nSPS) is 11.8. The molecule has 0 radical (unpaired) electrons. The molecule has 5 heteroatoms. The van der Waals surface area contributed by atoms with Crippen molar-refractivity contribution in [1.29, 1.82) is 0 Å². The maximum absolute atomic E-state index is 11.0. The summed E-state index contributed by atoms with van der Waals surface area (Å²) in [5.41, 5.74) is 3.38. The molecule has 2 aromatic carbocycles. The number of hydrogen-bond acceptors (Lipinski definition) is 2. The van der Waals surface area contributed by atoms with Gasteiger partial charge in [-0.15, -0.1) is 0 Å². The predicted molar refractivity (Wildman–Crippen MR) is 89.4 cm³/mol. The van der Waals surface area contributed by atoms with Crippen LogP contribution in [0.5, 0.6) is 0 Å². The Kier molecular flexibility index (Phi) is 3.69. The number of halogens is 1. The van der Waals surface area contributed by atoms with Gasteiger partial charge in [-0.3, -0.25) is 10.1 Å². The van der Waals surface area contributed by atoms with E-state index >= 15 is 0 Å². The minimum absolute atomic E-state index is 0.0815. The number of aromatic nitrogens is 1. The van der Waals surface area contributed by atoms with Gasteiger partial charge in [-0.1, -0.05) is 48.0 Å².